The van der Waals surface area contributed by atoms with Crippen LogP contribution >= 0.6 is 0 Å². The van der Waals surface area contributed by atoms with Gasteiger partial charge in [-0.2, -0.15) is 0 Å². The van der Waals surface area contributed by atoms with Gasteiger partial charge in [-0.3, -0.25) is 4.79 Å². The molecular formula is C19H18N4O4. The second-order valence-electron chi connectivity index (χ2n) is 6.07. The number of aromatic nitrogens is 2. The number of carboxylic acids is 1. The SMILES string of the molecule is Cc1c(N)cccc1-c1cn(C)c(=O)c(Nc2ccc(C(=O)O)c(O)c2)n1. The van der Waals surface area contributed by atoms with Gasteiger partial charge in [0.05, 0.1) is 5.69 Å². The lowest BCUT2D eigenvalue weighted by atomic mass is 10.0. The van der Waals surface area contributed by atoms with E-state index in [1.165, 1.54) is 22.8 Å². The first-order valence-corrected chi connectivity index (χ1v) is 8.04. The van der Waals surface area contributed by atoms with Crippen molar-refractivity contribution in [2.45, 2.75) is 6.92 Å². The van der Waals surface area contributed by atoms with Gasteiger partial charge in [0.1, 0.15) is 11.3 Å². The largest absolute Gasteiger partial charge is 0.507 e. The zero-order valence-corrected chi connectivity index (χ0v) is 14.7. The fraction of sp³-hybridized carbons (Fsp3) is 0.105. The molecule has 5 N–H and O–H groups in total. The van der Waals surface area contributed by atoms with Gasteiger partial charge in [0.15, 0.2) is 5.82 Å². The molecule has 0 radical (unpaired) electrons. The van der Waals surface area contributed by atoms with E-state index < -0.39 is 11.7 Å². The van der Waals surface area contributed by atoms with Gasteiger partial charge in [-0.1, -0.05) is 12.1 Å². The van der Waals surface area contributed by atoms with Crippen molar-refractivity contribution in [1.29, 1.82) is 0 Å². The van der Waals surface area contributed by atoms with Crippen molar-refractivity contribution >= 4 is 23.2 Å². The van der Waals surface area contributed by atoms with Crippen molar-refractivity contribution in [3.63, 3.8) is 0 Å². The predicted octanol–water partition coefficient (Wildman–Crippen LogP) is 2.49. The molecule has 1 aromatic heterocycles. The van der Waals surface area contributed by atoms with E-state index in [9.17, 15) is 14.7 Å². The molecule has 0 fully saturated rings. The maximum atomic E-state index is 12.4. The summed E-state index contributed by atoms with van der Waals surface area (Å²) in [5.41, 5.74) is 8.49. The van der Waals surface area contributed by atoms with Crippen LogP contribution in [-0.2, 0) is 7.05 Å². The molecule has 0 aliphatic rings. The van der Waals surface area contributed by atoms with Crippen LogP contribution in [0.5, 0.6) is 5.75 Å². The summed E-state index contributed by atoms with van der Waals surface area (Å²) in [5, 5.41) is 21.6. The normalized spacial score (nSPS) is 10.6. The first-order valence-electron chi connectivity index (χ1n) is 8.04. The topological polar surface area (TPSA) is 130 Å². The van der Waals surface area contributed by atoms with Gasteiger partial charge < -0.3 is 25.8 Å². The number of nitrogen functional groups attached to an aromatic ring is 1. The number of anilines is 3. The van der Waals surface area contributed by atoms with Crippen molar-refractivity contribution < 1.29 is 15.0 Å². The fourth-order valence-corrected chi connectivity index (χ4v) is 2.68. The number of aryl methyl sites for hydroxylation is 1. The Morgan fingerprint density at radius 1 is 1.26 bits per heavy atom. The summed E-state index contributed by atoms with van der Waals surface area (Å²) in [4.78, 5) is 27.8. The molecule has 0 saturated heterocycles. The number of nitrogens with zero attached hydrogens (tertiary/aromatic N) is 2. The van der Waals surface area contributed by atoms with Gasteiger partial charge >= 0.3 is 5.97 Å². The molecule has 3 aromatic rings. The van der Waals surface area contributed by atoms with Crippen LogP contribution in [0, 0.1) is 6.92 Å². The third kappa shape index (κ3) is 3.45. The third-order valence-electron chi connectivity index (χ3n) is 4.21. The van der Waals surface area contributed by atoms with Crippen molar-refractivity contribution in [3.05, 3.63) is 64.1 Å². The Labute approximate surface area is 154 Å². The number of nitrogens with one attached hydrogen (secondary N) is 1. The Balaban J connectivity index is 2.05. The van der Waals surface area contributed by atoms with Crippen LogP contribution in [0.4, 0.5) is 17.2 Å². The number of aromatic hydroxyl groups is 1. The number of hydrogen-bond acceptors (Lipinski definition) is 6. The molecule has 8 nitrogen and oxygen atoms in total. The Kier molecular flexibility index (Phi) is 4.55. The Hall–Kier alpha value is -3.81. The molecule has 3 rings (SSSR count). The summed E-state index contributed by atoms with van der Waals surface area (Å²) >= 11 is 0. The highest BCUT2D eigenvalue weighted by Gasteiger charge is 2.14. The molecule has 27 heavy (non-hydrogen) atoms. The molecule has 0 atom stereocenters. The maximum absolute atomic E-state index is 12.4. The molecule has 0 spiro atoms. The molecule has 8 heteroatoms. The quantitative estimate of drug-likeness (QED) is 0.522. The minimum Gasteiger partial charge on any atom is -0.507 e. The van der Waals surface area contributed by atoms with Crippen LogP contribution in [0.25, 0.3) is 11.3 Å². The van der Waals surface area contributed by atoms with Crippen LogP contribution in [0.2, 0.25) is 0 Å². The van der Waals surface area contributed by atoms with Crippen molar-refractivity contribution in [1.82, 2.24) is 9.55 Å². The molecule has 0 bridgehead atoms. The van der Waals surface area contributed by atoms with E-state index in [1.54, 1.807) is 25.4 Å². The van der Waals surface area contributed by atoms with E-state index >= 15 is 0 Å². The first kappa shape index (κ1) is 18.0. The average molecular weight is 366 g/mol. The lowest BCUT2D eigenvalue weighted by molar-refractivity contribution is 0.0694. The van der Waals surface area contributed by atoms with Gasteiger partial charge in [-0.05, 0) is 30.7 Å². The fourth-order valence-electron chi connectivity index (χ4n) is 2.68. The highest BCUT2D eigenvalue weighted by molar-refractivity contribution is 5.91. The van der Waals surface area contributed by atoms with Gasteiger partial charge in [-0.25, -0.2) is 9.78 Å². The minimum absolute atomic E-state index is 0.0410. The van der Waals surface area contributed by atoms with E-state index in [-0.39, 0.29) is 16.9 Å². The van der Waals surface area contributed by atoms with Crippen molar-refractivity contribution in [3.8, 4) is 17.0 Å². The smallest absolute Gasteiger partial charge is 0.339 e. The molecule has 138 valence electrons. The number of hydrogen-bond donors (Lipinski definition) is 4. The molecule has 0 aliphatic carbocycles. The molecule has 1 heterocycles. The zero-order chi connectivity index (χ0) is 19.7. The number of rotatable bonds is 4. The standard InChI is InChI=1S/C19H18N4O4/c1-10-12(4-3-5-14(10)20)15-9-23(2)18(25)17(22-15)21-11-6-7-13(19(26)27)16(24)8-11/h3-9,24H,20H2,1-2H3,(H,21,22)(H,26,27). The Morgan fingerprint density at radius 3 is 2.67 bits per heavy atom. The number of aromatic carboxylic acids is 1. The first-order chi connectivity index (χ1) is 12.8. The lowest BCUT2D eigenvalue weighted by Crippen LogP contribution is -2.21. The highest BCUT2D eigenvalue weighted by Crippen LogP contribution is 2.27. The number of carboxylic acid groups (broad SMARTS) is 1. The van der Waals surface area contributed by atoms with E-state index in [0.29, 0.717) is 17.1 Å². The Morgan fingerprint density at radius 2 is 2.00 bits per heavy atom. The van der Waals surface area contributed by atoms with E-state index in [2.05, 4.69) is 10.3 Å². The van der Waals surface area contributed by atoms with Crippen molar-refractivity contribution in [2.75, 3.05) is 11.1 Å². The van der Waals surface area contributed by atoms with Gasteiger partial charge in [0.2, 0.25) is 0 Å². The van der Waals surface area contributed by atoms with Crippen LogP contribution in [-0.4, -0.2) is 25.7 Å². The van der Waals surface area contributed by atoms with Crippen molar-refractivity contribution in [2.24, 2.45) is 7.05 Å². The second kappa shape index (κ2) is 6.83. The molecule has 0 amide bonds. The predicted molar refractivity (Wildman–Crippen MR) is 102 cm³/mol. The van der Waals surface area contributed by atoms with Gasteiger partial charge in [0, 0.05) is 36.2 Å². The minimum atomic E-state index is -1.24. The van der Waals surface area contributed by atoms with E-state index in [0.717, 1.165) is 11.1 Å². The summed E-state index contributed by atoms with van der Waals surface area (Å²) in [6.07, 6.45) is 1.61. The molecular weight excluding hydrogens is 348 g/mol. The van der Waals surface area contributed by atoms with E-state index in [1.807, 2.05) is 13.0 Å². The summed E-state index contributed by atoms with van der Waals surface area (Å²) in [6, 6.07) is 9.37. The number of benzene rings is 2. The van der Waals surface area contributed by atoms with E-state index in [4.69, 9.17) is 10.8 Å². The second-order valence-corrected chi connectivity index (χ2v) is 6.07. The summed E-state index contributed by atoms with van der Waals surface area (Å²) in [5.74, 6) is -1.61. The lowest BCUT2D eigenvalue weighted by Gasteiger charge is -2.12. The van der Waals surface area contributed by atoms with Crippen LogP contribution in [0.3, 0.4) is 0 Å². The average Bonchev–Trinajstić information content (AvgIpc) is 2.61. The van der Waals surface area contributed by atoms with Crippen LogP contribution in [0.15, 0.2) is 47.4 Å². The summed E-state index contributed by atoms with van der Waals surface area (Å²) < 4.78 is 1.39. The van der Waals surface area contributed by atoms with Gasteiger partial charge in [0.25, 0.3) is 5.56 Å². The molecule has 0 saturated carbocycles. The monoisotopic (exact) mass is 366 g/mol. The van der Waals surface area contributed by atoms with Crippen LogP contribution in [0.1, 0.15) is 15.9 Å². The van der Waals surface area contributed by atoms with Crippen LogP contribution < -0.4 is 16.6 Å². The number of phenols is 1. The maximum Gasteiger partial charge on any atom is 0.339 e. The summed E-state index contributed by atoms with van der Waals surface area (Å²) in [7, 11) is 1.60. The number of nitrogens with two attached hydrogens (primary N) is 1. The summed E-state index contributed by atoms with van der Waals surface area (Å²) in [6.45, 7) is 1.87. The third-order valence-corrected chi connectivity index (χ3v) is 4.21. The Bertz CT molecular complexity index is 1110. The van der Waals surface area contributed by atoms with Gasteiger partial charge in [-0.15, -0.1) is 0 Å². The zero-order valence-electron chi connectivity index (χ0n) is 14.7. The molecule has 2 aromatic carbocycles. The highest BCUT2D eigenvalue weighted by atomic mass is 16.4. The molecule has 0 unspecified atom stereocenters. The number of carbonyl (C=O) groups is 1. The molecule has 0 aliphatic heterocycles.